The second kappa shape index (κ2) is 8.46. The first-order valence-corrected chi connectivity index (χ1v) is 10.6. The van der Waals surface area contributed by atoms with E-state index in [9.17, 15) is 22.8 Å². The maximum absolute atomic E-state index is 12.1. The van der Waals surface area contributed by atoms with Crippen LogP contribution in [0, 0.1) is 0 Å². The molecule has 0 radical (unpaired) electrons. The zero-order chi connectivity index (χ0) is 18.4. The molecule has 1 atom stereocenters. The van der Waals surface area contributed by atoms with Gasteiger partial charge in [0, 0.05) is 12.8 Å². The molecule has 1 heterocycles. The molecule has 25 heavy (non-hydrogen) atoms. The predicted octanol–water partition coefficient (Wildman–Crippen LogP) is 0.348. The Morgan fingerprint density at radius 1 is 1.36 bits per heavy atom. The van der Waals surface area contributed by atoms with Gasteiger partial charge in [-0.2, -0.15) is 0 Å². The van der Waals surface area contributed by atoms with E-state index in [1.807, 2.05) is 0 Å². The lowest BCUT2D eigenvalue weighted by Gasteiger charge is -2.15. The third-order valence-corrected chi connectivity index (χ3v) is 5.32. The maximum Gasteiger partial charge on any atom is 0.325 e. The number of allylic oxidation sites excluding steroid dienone is 1. The summed E-state index contributed by atoms with van der Waals surface area (Å²) in [4.78, 5) is 36.8. The van der Waals surface area contributed by atoms with E-state index in [1.54, 1.807) is 0 Å². The quantitative estimate of drug-likeness (QED) is 0.472. The molecule has 0 aromatic carbocycles. The number of nitrogens with one attached hydrogen (secondary N) is 2. The van der Waals surface area contributed by atoms with Gasteiger partial charge < -0.3 is 10.6 Å². The predicted molar refractivity (Wildman–Crippen MR) is 92.5 cm³/mol. The zero-order valence-corrected chi connectivity index (χ0v) is 15.2. The first-order chi connectivity index (χ1) is 11.8. The third-order valence-electron chi connectivity index (χ3n) is 4.34. The van der Waals surface area contributed by atoms with Crippen molar-refractivity contribution >= 4 is 27.7 Å². The van der Waals surface area contributed by atoms with Crippen molar-refractivity contribution in [1.29, 1.82) is 0 Å². The van der Waals surface area contributed by atoms with E-state index in [0.29, 0.717) is 6.54 Å². The fourth-order valence-electron chi connectivity index (χ4n) is 2.95. The van der Waals surface area contributed by atoms with Crippen LogP contribution in [-0.2, 0) is 19.4 Å². The van der Waals surface area contributed by atoms with Crippen molar-refractivity contribution in [2.45, 2.75) is 44.6 Å². The summed E-state index contributed by atoms with van der Waals surface area (Å²) in [6.45, 7) is 0.130. The highest BCUT2D eigenvalue weighted by Crippen LogP contribution is 2.19. The van der Waals surface area contributed by atoms with Crippen molar-refractivity contribution in [1.82, 2.24) is 15.5 Å². The van der Waals surface area contributed by atoms with Crippen LogP contribution in [0.2, 0.25) is 0 Å². The molecule has 1 fully saturated rings. The molecule has 0 spiro atoms. The highest BCUT2D eigenvalue weighted by molar-refractivity contribution is 7.90. The number of amides is 4. The van der Waals surface area contributed by atoms with Crippen LogP contribution in [0.1, 0.15) is 38.5 Å². The minimum atomic E-state index is -3.22. The summed E-state index contributed by atoms with van der Waals surface area (Å²) < 4.78 is 22.4. The average molecular weight is 371 g/mol. The zero-order valence-electron chi connectivity index (χ0n) is 14.4. The van der Waals surface area contributed by atoms with Crippen LogP contribution in [0.3, 0.4) is 0 Å². The number of hydrogen-bond acceptors (Lipinski definition) is 5. The van der Waals surface area contributed by atoms with Crippen molar-refractivity contribution in [3.05, 3.63) is 11.6 Å². The number of rotatable bonds is 8. The van der Waals surface area contributed by atoms with Gasteiger partial charge in [0.05, 0.1) is 5.75 Å². The van der Waals surface area contributed by atoms with Gasteiger partial charge in [-0.25, -0.2) is 13.2 Å². The van der Waals surface area contributed by atoms with E-state index in [0.717, 1.165) is 30.4 Å². The highest BCUT2D eigenvalue weighted by Gasteiger charge is 2.38. The van der Waals surface area contributed by atoms with Crippen molar-refractivity contribution in [2.75, 3.05) is 25.1 Å². The highest BCUT2D eigenvalue weighted by atomic mass is 32.2. The molecule has 0 aromatic heterocycles. The molecule has 140 valence electrons. The normalized spacial score (nSPS) is 21.1. The fourth-order valence-corrected chi connectivity index (χ4v) is 3.61. The Balaban J connectivity index is 1.76. The number of imide groups is 1. The standard InChI is InChI=1S/C16H25N3O5S/c1-25(23,24)10-8-13-15(21)19(16(22)18-13)11-14(20)17-9-7-12-5-3-2-4-6-12/h5,13H,2-4,6-11H2,1H3,(H,17,20)(H,18,22)/t13-/m0/s1. The van der Waals surface area contributed by atoms with Gasteiger partial charge in [0.2, 0.25) is 5.91 Å². The monoisotopic (exact) mass is 371 g/mol. The minimum Gasteiger partial charge on any atom is -0.354 e. The van der Waals surface area contributed by atoms with E-state index in [1.165, 1.54) is 18.4 Å². The summed E-state index contributed by atoms with van der Waals surface area (Å²) in [5.41, 5.74) is 1.34. The second-order valence-corrected chi connectivity index (χ2v) is 8.81. The molecule has 9 heteroatoms. The molecule has 4 amide bonds. The fraction of sp³-hybridized carbons (Fsp3) is 0.688. The number of urea groups is 1. The minimum absolute atomic E-state index is 0.00960. The van der Waals surface area contributed by atoms with Crippen LogP contribution in [-0.4, -0.2) is 62.3 Å². The lowest BCUT2D eigenvalue weighted by Crippen LogP contribution is -2.41. The smallest absolute Gasteiger partial charge is 0.325 e. The van der Waals surface area contributed by atoms with Gasteiger partial charge in [-0.1, -0.05) is 11.6 Å². The summed E-state index contributed by atoms with van der Waals surface area (Å²) in [5.74, 6) is -1.15. The van der Waals surface area contributed by atoms with Crippen LogP contribution in [0.15, 0.2) is 11.6 Å². The van der Waals surface area contributed by atoms with Crippen molar-refractivity contribution in [2.24, 2.45) is 0 Å². The number of sulfone groups is 1. The molecule has 2 N–H and O–H groups in total. The molecule has 1 aliphatic heterocycles. The molecular weight excluding hydrogens is 346 g/mol. The van der Waals surface area contributed by atoms with Gasteiger partial charge in [-0.05, 0) is 38.5 Å². The Labute approximate surface area is 147 Å². The van der Waals surface area contributed by atoms with Crippen molar-refractivity contribution in [3.8, 4) is 0 Å². The number of carbonyl (C=O) groups excluding carboxylic acids is 3. The van der Waals surface area contributed by atoms with E-state index in [2.05, 4.69) is 16.7 Å². The summed E-state index contributed by atoms with van der Waals surface area (Å²) in [6.07, 6.45) is 8.60. The first-order valence-electron chi connectivity index (χ1n) is 8.50. The summed E-state index contributed by atoms with van der Waals surface area (Å²) in [5, 5.41) is 5.14. The first kappa shape index (κ1) is 19.4. The SMILES string of the molecule is CS(=O)(=O)CC[C@@H]1NC(=O)N(CC(=O)NCCC2=CCCCC2)C1=O. The Bertz CT molecular complexity index is 671. The molecule has 8 nitrogen and oxygen atoms in total. The Kier molecular flexibility index (Phi) is 6.57. The van der Waals surface area contributed by atoms with Crippen molar-refractivity contribution < 1.29 is 22.8 Å². The van der Waals surface area contributed by atoms with E-state index >= 15 is 0 Å². The van der Waals surface area contributed by atoms with E-state index in [4.69, 9.17) is 0 Å². The molecule has 0 aromatic rings. The van der Waals surface area contributed by atoms with Crippen LogP contribution < -0.4 is 10.6 Å². The van der Waals surface area contributed by atoms with Crippen LogP contribution >= 0.6 is 0 Å². The lowest BCUT2D eigenvalue weighted by atomic mass is 9.97. The van der Waals surface area contributed by atoms with Crippen LogP contribution in [0.4, 0.5) is 4.79 Å². The molecule has 0 saturated carbocycles. The van der Waals surface area contributed by atoms with Gasteiger partial charge in [-0.15, -0.1) is 0 Å². The van der Waals surface area contributed by atoms with Crippen molar-refractivity contribution in [3.63, 3.8) is 0 Å². The topological polar surface area (TPSA) is 113 Å². The Morgan fingerprint density at radius 3 is 2.76 bits per heavy atom. The van der Waals surface area contributed by atoms with Gasteiger partial charge in [-0.3, -0.25) is 14.5 Å². The lowest BCUT2D eigenvalue weighted by molar-refractivity contribution is -0.132. The number of hydrogen-bond donors (Lipinski definition) is 2. The average Bonchev–Trinajstić information content (AvgIpc) is 2.81. The largest absolute Gasteiger partial charge is 0.354 e. The molecule has 1 saturated heterocycles. The van der Waals surface area contributed by atoms with Gasteiger partial charge in [0.25, 0.3) is 5.91 Å². The summed E-state index contributed by atoms with van der Waals surface area (Å²) >= 11 is 0. The molecule has 2 aliphatic rings. The number of carbonyl (C=O) groups is 3. The third kappa shape index (κ3) is 6.15. The number of nitrogens with zero attached hydrogens (tertiary/aromatic N) is 1. The van der Waals surface area contributed by atoms with Gasteiger partial charge >= 0.3 is 6.03 Å². The van der Waals surface area contributed by atoms with Crippen LogP contribution in [0.5, 0.6) is 0 Å². The van der Waals surface area contributed by atoms with Gasteiger partial charge in [0.15, 0.2) is 0 Å². The van der Waals surface area contributed by atoms with E-state index < -0.39 is 33.7 Å². The molecule has 1 aliphatic carbocycles. The molecule has 0 bridgehead atoms. The molecule has 0 unspecified atom stereocenters. The second-order valence-electron chi connectivity index (χ2n) is 6.55. The van der Waals surface area contributed by atoms with Crippen LogP contribution in [0.25, 0.3) is 0 Å². The molecule has 2 rings (SSSR count). The van der Waals surface area contributed by atoms with E-state index in [-0.39, 0.29) is 18.7 Å². The summed E-state index contributed by atoms with van der Waals surface area (Å²) in [6, 6.07) is -1.55. The summed E-state index contributed by atoms with van der Waals surface area (Å²) in [7, 11) is -3.22. The van der Waals surface area contributed by atoms with Gasteiger partial charge in [0.1, 0.15) is 22.4 Å². The molecular formula is C16H25N3O5S. The Hall–Kier alpha value is -1.90. The maximum atomic E-state index is 12.1. The Morgan fingerprint density at radius 2 is 2.12 bits per heavy atom.